The Morgan fingerprint density at radius 1 is 1.24 bits per heavy atom. The first-order valence-corrected chi connectivity index (χ1v) is 8.25. The number of methoxy groups -OCH3 is 1. The summed E-state index contributed by atoms with van der Waals surface area (Å²) in [5.74, 6) is -0.880. The summed E-state index contributed by atoms with van der Waals surface area (Å²) in [5.41, 5.74) is 1.39. The highest BCUT2D eigenvalue weighted by molar-refractivity contribution is 6.30. The molecule has 1 N–H and O–H groups in total. The van der Waals surface area contributed by atoms with Gasteiger partial charge >= 0.3 is 5.97 Å². The molecule has 130 valence electrons. The van der Waals surface area contributed by atoms with Crippen molar-refractivity contribution in [2.75, 3.05) is 7.11 Å². The lowest BCUT2D eigenvalue weighted by Crippen LogP contribution is -2.38. The lowest BCUT2D eigenvalue weighted by molar-refractivity contribution is -0.147. The lowest BCUT2D eigenvalue weighted by atomic mass is 9.88. The molecule has 2 aromatic rings. The number of hydrogen-bond acceptors (Lipinski definition) is 4. The van der Waals surface area contributed by atoms with Crippen molar-refractivity contribution in [1.29, 1.82) is 0 Å². The van der Waals surface area contributed by atoms with Gasteiger partial charge in [0.1, 0.15) is 17.8 Å². The van der Waals surface area contributed by atoms with Gasteiger partial charge in [-0.3, -0.25) is 4.79 Å². The van der Waals surface area contributed by atoms with Crippen LogP contribution in [0.25, 0.3) is 0 Å². The Kier molecular flexibility index (Phi) is 4.95. The van der Waals surface area contributed by atoms with E-state index >= 15 is 0 Å². The van der Waals surface area contributed by atoms with E-state index in [1.165, 1.54) is 7.11 Å². The minimum atomic E-state index is -0.976. The van der Waals surface area contributed by atoms with Crippen LogP contribution < -0.4 is 4.74 Å². The minimum absolute atomic E-state index is 0.414. The number of carboxylic acids is 1. The first-order chi connectivity index (χ1) is 12.0. The Morgan fingerprint density at radius 3 is 2.60 bits per heavy atom. The van der Waals surface area contributed by atoms with Crippen molar-refractivity contribution in [3.8, 4) is 5.75 Å². The van der Waals surface area contributed by atoms with E-state index in [0.29, 0.717) is 22.2 Å². The third kappa shape index (κ3) is 3.46. The number of aliphatic carboxylic acids is 1. The van der Waals surface area contributed by atoms with Crippen LogP contribution in [0, 0.1) is 5.92 Å². The molecule has 0 aliphatic carbocycles. The van der Waals surface area contributed by atoms with E-state index in [-0.39, 0.29) is 0 Å². The van der Waals surface area contributed by atoms with E-state index < -0.39 is 24.0 Å². The average molecular weight is 360 g/mol. The second-order valence-corrected chi connectivity index (χ2v) is 6.27. The van der Waals surface area contributed by atoms with E-state index in [1.54, 1.807) is 25.1 Å². The number of carboxylic acid groups (broad SMARTS) is 1. The van der Waals surface area contributed by atoms with Gasteiger partial charge < -0.3 is 14.6 Å². The van der Waals surface area contributed by atoms with Crippen LogP contribution in [0.4, 0.5) is 0 Å². The van der Waals surface area contributed by atoms with Gasteiger partial charge in [0.2, 0.25) is 5.90 Å². The third-order valence-electron chi connectivity index (χ3n) is 4.21. The van der Waals surface area contributed by atoms with Crippen LogP contribution in [0.15, 0.2) is 53.5 Å². The molecule has 1 aliphatic heterocycles. The van der Waals surface area contributed by atoms with E-state index in [9.17, 15) is 9.90 Å². The van der Waals surface area contributed by atoms with E-state index in [0.717, 1.165) is 5.56 Å². The quantitative estimate of drug-likeness (QED) is 0.897. The maximum absolute atomic E-state index is 11.9. The number of benzene rings is 2. The Balaban J connectivity index is 2.09. The van der Waals surface area contributed by atoms with Gasteiger partial charge in [-0.05, 0) is 37.3 Å². The van der Waals surface area contributed by atoms with Crippen molar-refractivity contribution >= 4 is 23.5 Å². The van der Waals surface area contributed by atoms with Gasteiger partial charge in [-0.25, -0.2) is 4.99 Å². The van der Waals surface area contributed by atoms with Crippen LogP contribution in [-0.4, -0.2) is 30.1 Å². The summed E-state index contributed by atoms with van der Waals surface area (Å²) in [5, 5.41) is 10.2. The van der Waals surface area contributed by atoms with Crippen molar-refractivity contribution in [2.45, 2.75) is 19.1 Å². The van der Waals surface area contributed by atoms with E-state index in [4.69, 9.17) is 21.1 Å². The first-order valence-electron chi connectivity index (χ1n) is 7.87. The van der Waals surface area contributed by atoms with Gasteiger partial charge in [-0.1, -0.05) is 29.8 Å². The molecule has 0 bridgehead atoms. The van der Waals surface area contributed by atoms with Crippen molar-refractivity contribution in [3.63, 3.8) is 0 Å². The van der Waals surface area contributed by atoms with Crippen LogP contribution >= 0.6 is 11.6 Å². The highest BCUT2D eigenvalue weighted by Gasteiger charge is 2.41. The standard InChI is InChI=1S/C19H18ClNO4/c1-11-16(19(22)23)17(14-10-13(20)8-9-15(14)24-2)25-18(21-11)12-6-4-3-5-7-12/h3-11,16-17H,1-2H3,(H,22,23). The van der Waals surface area contributed by atoms with Gasteiger partial charge in [0, 0.05) is 16.1 Å². The SMILES string of the molecule is COc1ccc(Cl)cc1C1OC(c2ccccc2)=NC(C)C1C(=O)O. The van der Waals surface area contributed by atoms with Crippen LogP contribution in [0.5, 0.6) is 5.75 Å². The largest absolute Gasteiger partial charge is 0.496 e. The molecule has 2 aromatic carbocycles. The summed E-state index contributed by atoms with van der Waals surface area (Å²) in [4.78, 5) is 16.3. The summed E-state index contributed by atoms with van der Waals surface area (Å²) in [7, 11) is 1.53. The number of aliphatic imine (C=N–C) groups is 1. The molecule has 0 saturated heterocycles. The molecule has 0 aromatic heterocycles. The van der Waals surface area contributed by atoms with Crippen LogP contribution in [-0.2, 0) is 9.53 Å². The van der Waals surface area contributed by atoms with Crippen molar-refractivity contribution < 1.29 is 19.4 Å². The summed E-state index contributed by atoms with van der Waals surface area (Å²) >= 11 is 6.12. The number of nitrogens with zero attached hydrogens (tertiary/aromatic N) is 1. The fourth-order valence-corrected chi connectivity index (χ4v) is 3.17. The second-order valence-electron chi connectivity index (χ2n) is 5.83. The number of carbonyl (C=O) groups is 1. The Morgan fingerprint density at radius 2 is 1.96 bits per heavy atom. The molecule has 0 radical (unpaired) electrons. The number of hydrogen-bond donors (Lipinski definition) is 1. The highest BCUT2D eigenvalue weighted by atomic mass is 35.5. The smallest absolute Gasteiger partial charge is 0.312 e. The van der Waals surface area contributed by atoms with Gasteiger partial charge in [0.05, 0.1) is 13.2 Å². The molecule has 6 heteroatoms. The van der Waals surface area contributed by atoms with E-state index in [2.05, 4.69) is 4.99 Å². The fraction of sp³-hybridized carbons (Fsp3) is 0.263. The molecule has 3 atom stereocenters. The zero-order chi connectivity index (χ0) is 18.0. The predicted molar refractivity (Wildman–Crippen MR) is 95.4 cm³/mol. The number of halogens is 1. The molecule has 0 spiro atoms. The molecule has 1 aliphatic rings. The summed E-state index contributed by atoms with van der Waals surface area (Å²) in [6.07, 6.45) is -0.756. The Hall–Kier alpha value is -2.53. The van der Waals surface area contributed by atoms with Gasteiger partial charge in [0.15, 0.2) is 0 Å². The average Bonchev–Trinajstić information content (AvgIpc) is 2.61. The molecule has 0 fully saturated rings. The van der Waals surface area contributed by atoms with Gasteiger partial charge in [0.25, 0.3) is 0 Å². The predicted octanol–water partition coefficient (Wildman–Crippen LogP) is 3.96. The Bertz CT molecular complexity index is 806. The third-order valence-corrected chi connectivity index (χ3v) is 4.44. The molecular weight excluding hydrogens is 342 g/mol. The normalized spacial score (nSPS) is 22.7. The highest BCUT2D eigenvalue weighted by Crippen LogP contribution is 2.40. The number of ether oxygens (including phenoxy) is 2. The molecule has 5 nitrogen and oxygen atoms in total. The molecule has 0 amide bonds. The fourth-order valence-electron chi connectivity index (χ4n) is 2.99. The summed E-state index contributed by atoms with van der Waals surface area (Å²) in [6.45, 7) is 1.77. The second kappa shape index (κ2) is 7.15. The summed E-state index contributed by atoms with van der Waals surface area (Å²) < 4.78 is 11.4. The molecular formula is C19H18ClNO4. The molecule has 3 rings (SSSR count). The van der Waals surface area contributed by atoms with Crippen LogP contribution in [0.3, 0.4) is 0 Å². The molecule has 1 heterocycles. The van der Waals surface area contributed by atoms with Crippen LogP contribution in [0.2, 0.25) is 5.02 Å². The lowest BCUT2D eigenvalue weighted by Gasteiger charge is -2.33. The maximum Gasteiger partial charge on any atom is 0.312 e. The zero-order valence-electron chi connectivity index (χ0n) is 13.8. The Labute approximate surface area is 150 Å². The van der Waals surface area contributed by atoms with Crippen LogP contribution in [0.1, 0.15) is 24.2 Å². The monoisotopic (exact) mass is 359 g/mol. The van der Waals surface area contributed by atoms with Gasteiger partial charge in [-0.15, -0.1) is 0 Å². The molecule has 3 unspecified atom stereocenters. The minimum Gasteiger partial charge on any atom is -0.496 e. The first kappa shape index (κ1) is 17.3. The molecule has 0 saturated carbocycles. The van der Waals surface area contributed by atoms with Crippen molar-refractivity contribution in [1.82, 2.24) is 0 Å². The summed E-state index contributed by atoms with van der Waals surface area (Å²) in [6, 6.07) is 14.0. The van der Waals surface area contributed by atoms with E-state index in [1.807, 2.05) is 30.3 Å². The maximum atomic E-state index is 11.9. The van der Waals surface area contributed by atoms with Gasteiger partial charge in [-0.2, -0.15) is 0 Å². The number of rotatable bonds is 4. The zero-order valence-corrected chi connectivity index (χ0v) is 14.6. The molecule has 25 heavy (non-hydrogen) atoms. The van der Waals surface area contributed by atoms with Crippen molar-refractivity contribution in [2.24, 2.45) is 10.9 Å². The topological polar surface area (TPSA) is 68.1 Å². The van der Waals surface area contributed by atoms with Crippen molar-refractivity contribution in [3.05, 3.63) is 64.7 Å².